The maximum atomic E-state index is 9.01. The highest BCUT2D eigenvalue weighted by molar-refractivity contribution is 5.82. The SMILES string of the molecule is CC(C)=C(C#N)c1nc2ccccc2[nH]1. The Bertz CT molecular complexity index is 533. The molecular weight excluding hydrogens is 186 g/mol. The third-order valence-corrected chi connectivity index (χ3v) is 2.24. The van der Waals surface area contributed by atoms with Crippen molar-refractivity contribution in [2.45, 2.75) is 13.8 Å². The summed E-state index contributed by atoms with van der Waals surface area (Å²) in [6, 6.07) is 9.92. The number of hydrogen-bond acceptors (Lipinski definition) is 2. The smallest absolute Gasteiger partial charge is 0.149 e. The van der Waals surface area contributed by atoms with E-state index in [1.54, 1.807) is 0 Å². The molecule has 0 fully saturated rings. The number of para-hydroxylation sites is 2. The zero-order valence-corrected chi connectivity index (χ0v) is 8.70. The van der Waals surface area contributed by atoms with Crippen molar-refractivity contribution < 1.29 is 0 Å². The Balaban J connectivity index is 2.65. The molecule has 0 unspecified atom stereocenters. The second-order valence-corrected chi connectivity index (χ2v) is 3.59. The molecule has 1 aromatic carbocycles. The van der Waals surface area contributed by atoms with Crippen LogP contribution in [0.15, 0.2) is 29.8 Å². The van der Waals surface area contributed by atoms with Crippen molar-refractivity contribution in [3.63, 3.8) is 0 Å². The molecule has 0 aliphatic rings. The second-order valence-electron chi connectivity index (χ2n) is 3.59. The van der Waals surface area contributed by atoms with Crippen LogP contribution in [0.25, 0.3) is 16.6 Å². The number of aromatic nitrogens is 2. The average Bonchev–Trinajstić information content (AvgIpc) is 2.61. The van der Waals surface area contributed by atoms with E-state index in [0.717, 1.165) is 16.6 Å². The van der Waals surface area contributed by atoms with Crippen LogP contribution in [0.4, 0.5) is 0 Å². The van der Waals surface area contributed by atoms with Gasteiger partial charge in [-0.3, -0.25) is 0 Å². The first-order valence-electron chi connectivity index (χ1n) is 4.75. The van der Waals surface area contributed by atoms with Gasteiger partial charge >= 0.3 is 0 Å². The van der Waals surface area contributed by atoms with Crippen LogP contribution >= 0.6 is 0 Å². The molecule has 3 heteroatoms. The molecule has 1 heterocycles. The van der Waals surface area contributed by atoms with Gasteiger partial charge in [0.1, 0.15) is 11.9 Å². The number of nitrogens with one attached hydrogen (secondary N) is 1. The first-order valence-corrected chi connectivity index (χ1v) is 4.75. The number of benzene rings is 1. The van der Waals surface area contributed by atoms with E-state index in [1.165, 1.54) is 0 Å². The Kier molecular flexibility index (Phi) is 2.26. The molecule has 1 aromatic heterocycles. The van der Waals surface area contributed by atoms with Crippen LogP contribution in [0.2, 0.25) is 0 Å². The molecule has 0 amide bonds. The van der Waals surface area contributed by atoms with Crippen molar-refractivity contribution >= 4 is 16.6 Å². The number of aromatic amines is 1. The molecule has 0 spiro atoms. The third-order valence-electron chi connectivity index (χ3n) is 2.24. The van der Waals surface area contributed by atoms with Gasteiger partial charge in [0, 0.05) is 0 Å². The lowest BCUT2D eigenvalue weighted by molar-refractivity contribution is 1.24. The van der Waals surface area contributed by atoms with E-state index in [-0.39, 0.29) is 0 Å². The standard InChI is InChI=1S/C12H11N3/c1-8(2)9(7-13)12-14-10-5-3-4-6-11(10)15-12/h3-6H,1-2H3,(H,14,15). The maximum Gasteiger partial charge on any atom is 0.149 e. The van der Waals surface area contributed by atoms with Gasteiger partial charge in [0.25, 0.3) is 0 Å². The predicted octanol–water partition coefficient (Wildman–Crippen LogP) is 2.88. The largest absolute Gasteiger partial charge is 0.337 e. The van der Waals surface area contributed by atoms with Crippen molar-refractivity contribution in [3.05, 3.63) is 35.7 Å². The van der Waals surface area contributed by atoms with Crippen LogP contribution in [-0.2, 0) is 0 Å². The highest BCUT2D eigenvalue weighted by atomic mass is 14.9. The summed E-state index contributed by atoms with van der Waals surface area (Å²) in [7, 11) is 0. The number of rotatable bonds is 1. The summed E-state index contributed by atoms with van der Waals surface area (Å²) < 4.78 is 0. The molecule has 0 saturated heterocycles. The number of allylic oxidation sites excluding steroid dienone is 2. The Morgan fingerprint density at radius 3 is 2.67 bits per heavy atom. The zero-order chi connectivity index (χ0) is 10.8. The molecule has 0 aliphatic heterocycles. The number of hydrogen-bond donors (Lipinski definition) is 1. The number of imidazole rings is 1. The molecule has 0 atom stereocenters. The minimum atomic E-state index is 0.617. The van der Waals surface area contributed by atoms with Gasteiger partial charge in [0.2, 0.25) is 0 Å². The molecule has 2 aromatic rings. The molecule has 15 heavy (non-hydrogen) atoms. The number of nitrogens with zero attached hydrogens (tertiary/aromatic N) is 2. The van der Waals surface area contributed by atoms with Crippen LogP contribution in [0.1, 0.15) is 19.7 Å². The van der Waals surface area contributed by atoms with Crippen LogP contribution in [0, 0.1) is 11.3 Å². The summed E-state index contributed by atoms with van der Waals surface area (Å²) in [5.41, 5.74) is 3.44. The molecule has 0 bridgehead atoms. The van der Waals surface area contributed by atoms with Crippen LogP contribution in [0.3, 0.4) is 0 Å². The maximum absolute atomic E-state index is 9.01. The fraction of sp³-hybridized carbons (Fsp3) is 0.167. The van der Waals surface area contributed by atoms with E-state index in [0.29, 0.717) is 11.4 Å². The highest BCUT2D eigenvalue weighted by Crippen LogP contribution is 2.18. The Labute approximate surface area is 88.1 Å². The Hall–Kier alpha value is -2.08. The normalized spacial score (nSPS) is 9.93. The average molecular weight is 197 g/mol. The van der Waals surface area contributed by atoms with Crippen molar-refractivity contribution in [2.24, 2.45) is 0 Å². The van der Waals surface area contributed by atoms with E-state index in [2.05, 4.69) is 16.0 Å². The lowest BCUT2D eigenvalue weighted by Gasteiger charge is -1.94. The molecule has 1 N–H and O–H groups in total. The number of nitriles is 1. The van der Waals surface area contributed by atoms with Gasteiger partial charge in [0.15, 0.2) is 0 Å². The van der Waals surface area contributed by atoms with Crippen LogP contribution in [0.5, 0.6) is 0 Å². The molecule has 0 radical (unpaired) electrons. The molecular formula is C12H11N3. The summed E-state index contributed by atoms with van der Waals surface area (Å²) >= 11 is 0. The summed E-state index contributed by atoms with van der Waals surface area (Å²) in [6.45, 7) is 3.82. The Morgan fingerprint density at radius 1 is 1.33 bits per heavy atom. The Morgan fingerprint density at radius 2 is 2.07 bits per heavy atom. The lowest BCUT2D eigenvalue weighted by atomic mass is 10.1. The monoisotopic (exact) mass is 197 g/mol. The topological polar surface area (TPSA) is 52.5 Å². The van der Waals surface area contributed by atoms with Crippen molar-refractivity contribution in [1.29, 1.82) is 5.26 Å². The van der Waals surface area contributed by atoms with Gasteiger partial charge in [-0.05, 0) is 26.0 Å². The predicted molar refractivity (Wildman–Crippen MR) is 60.0 cm³/mol. The second kappa shape index (κ2) is 3.58. The summed E-state index contributed by atoms with van der Waals surface area (Å²) in [4.78, 5) is 7.51. The van der Waals surface area contributed by atoms with Crippen molar-refractivity contribution in [2.75, 3.05) is 0 Å². The minimum absolute atomic E-state index is 0.617. The third kappa shape index (κ3) is 1.62. The molecule has 2 rings (SSSR count). The lowest BCUT2D eigenvalue weighted by Crippen LogP contribution is -1.86. The fourth-order valence-electron chi connectivity index (χ4n) is 1.47. The summed E-state index contributed by atoms with van der Waals surface area (Å²) in [5, 5.41) is 9.01. The van der Waals surface area contributed by atoms with Gasteiger partial charge < -0.3 is 4.98 Å². The minimum Gasteiger partial charge on any atom is -0.337 e. The summed E-state index contributed by atoms with van der Waals surface area (Å²) in [5.74, 6) is 0.652. The van der Waals surface area contributed by atoms with Crippen molar-refractivity contribution in [1.82, 2.24) is 9.97 Å². The van der Waals surface area contributed by atoms with Crippen LogP contribution in [-0.4, -0.2) is 9.97 Å². The van der Waals surface area contributed by atoms with E-state index in [9.17, 15) is 0 Å². The highest BCUT2D eigenvalue weighted by Gasteiger charge is 2.07. The van der Waals surface area contributed by atoms with Gasteiger partial charge in [0.05, 0.1) is 16.6 Å². The summed E-state index contributed by atoms with van der Waals surface area (Å²) in [6.07, 6.45) is 0. The molecule has 3 nitrogen and oxygen atoms in total. The molecule has 0 aliphatic carbocycles. The fourth-order valence-corrected chi connectivity index (χ4v) is 1.47. The number of fused-ring (bicyclic) bond motifs is 1. The quantitative estimate of drug-likeness (QED) is 0.714. The van der Waals surface area contributed by atoms with Gasteiger partial charge in [-0.1, -0.05) is 17.7 Å². The van der Waals surface area contributed by atoms with Gasteiger partial charge in [-0.2, -0.15) is 5.26 Å². The number of H-pyrrole nitrogens is 1. The van der Waals surface area contributed by atoms with Crippen molar-refractivity contribution in [3.8, 4) is 6.07 Å². The van der Waals surface area contributed by atoms with E-state index in [4.69, 9.17) is 5.26 Å². The van der Waals surface area contributed by atoms with Gasteiger partial charge in [-0.15, -0.1) is 0 Å². The molecule has 74 valence electrons. The van der Waals surface area contributed by atoms with Gasteiger partial charge in [-0.25, -0.2) is 4.98 Å². The van der Waals surface area contributed by atoms with E-state index < -0.39 is 0 Å². The van der Waals surface area contributed by atoms with Crippen LogP contribution < -0.4 is 0 Å². The first-order chi connectivity index (χ1) is 7.22. The van der Waals surface area contributed by atoms with E-state index >= 15 is 0 Å². The zero-order valence-electron chi connectivity index (χ0n) is 8.70. The molecule has 0 saturated carbocycles. The van der Waals surface area contributed by atoms with E-state index in [1.807, 2.05) is 38.1 Å². The first kappa shape index (κ1) is 9.47.